The first-order valence-electron chi connectivity index (χ1n) is 12.0. The molecule has 0 spiro atoms. The number of nitrogens with zero attached hydrogens (tertiary/aromatic N) is 4. The number of aryl methyl sites for hydroxylation is 1. The number of fused-ring (bicyclic) bond motifs is 1. The van der Waals surface area contributed by atoms with E-state index in [0.29, 0.717) is 40.6 Å². The molecule has 0 radical (unpaired) electrons. The molecule has 6 rings (SSSR count). The highest BCUT2D eigenvalue weighted by Gasteiger charge is 2.41. The first kappa shape index (κ1) is 23.8. The quantitative estimate of drug-likeness (QED) is 0.348. The number of amides is 1. The van der Waals surface area contributed by atoms with Crippen molar-refractivity contribution in [2.45, 2.75) is 44.2 Å². The van der Waals surface area contributed by atoms with Crippen molar-refractivity contribution in [2.75, 3.05) is 11.6 Å². The molecule has 4 heterocycles. The Morgan fingerprint density at radius 2 is 2.03 bits per heavy atom. The van der Waals surface area contributed by atoms with E-state index in [4.69, 9.17) is 4.42 Å². The minimum absolute atomic E-state index is 0.0816. The van der Waals surface area contributed by atoms with Crippen LogP contribution in [0.25, 0.3) is 22.0 Å². The number of carbonyl (C=O) groups excluding carboxylic acids is 1. The predicted molar refractivity (Wildman–Crippen MR) is 140 cm³/mol. The van der Waals surface area contributed by atoms with Crippen LogP contribution in [0.15, 0.2) is 52.1 Å². The number of oxazole rings is 1. The van der Waals surface area contributed by atoms with Gasteiger partial charge in [0.15, 0.2) is 15.0 Å². The molecule has 2 aliphatic rings. The number of hydrogen-bond donors (Lipinski definition) is 1. The highest BCUT2D eigenvalue weighted by atomic mass is 32.2. The van der Waals surface area contributed by atoms with Gasteiger partial charge >= 0.3 is 0 Å². The molecule has 1 N–H and O–H groups in total. The van der Waals surface area contributed by atoms with E-state index < -0.39 is 9.84 Å². The molecule has 9 nitrogen and oxygen atoms in total. The first-order chi connectivity index (χ1) is 17.7. The lowest BCUT2D eigenvalue weighted by Gasteiger charge is -2.24. The summed E-state index contributed by atoms with van der Waals surface area (Å²) in [6, 6.07) is 9.12. The van der Waals surface area contributed by atoms with Crippen molar-refractivity contribution in [2.24, 2.45) is 5.92 Å². The van der Waals surface area contributed by atoms with Crippen molar-refractivity contribution in [1.82, 2.24) is 19.9 Å². The summed E-state index contributed by atoms with van der Waals surface area (Å²) in [5.41, 5.74) is 3.14. The summed E-state index contributed by atoms with van der Waals surface area (Å²) in [7, 11) is -3.63. The van der Waals surface area contributed by atoms with Crippen LogP contribution >= 0.6 is 11.3 Å². The smallest absolute Gasteiger partial charge is 0.256 e. The molecule has 0 unspecified atom stereocenters. The van der Waals surface area contributed by atoms with Crippen LogP contribution in [0.4, 0.5) is 10.9 Å². The molecule has 0 bridgehead atoms. The summed E-state index contributed by atoms with van der Waals surface area (Å²) < 4.78 is 30.9. The van der Waals surface area contributed by atoms with Crippen molar-refractivity contribution in [3.63, 3.8) is 0 Å². The Morgan fingerprint density at radius 1 is 1.22 bits per heavy atom. The van der Waals surface area contributed by atoms with Gasteiger partial charge in [-0.2, -0.15) is 0 Å². The summed E-state index contributed by atoms with van der Waals surface area (Å²) >= 11 is 1.40. The van der Waals surface area contributed by atoms with E-state index in [0.717, 1.165) is 40.8 Å². The lowest BCUT2D eigenvalue weighted by atomic mass is 10.0. The Kier molecular flexibility index (Phi) is 5.64. The van der Waals surface area contributed by atoms with Gasteiger partial charge in [0.25, 0.3) is 5.91 Å². The number of thiazole rings is 1. The standard InChI is InChI=1S/C26H25N5O4S2/c1-14-23(36-26(28-14)30-21-6-4-5-19(29-21)24-27-9-10-35-24)17-11-18-13-31(15(2)16-7-8-16)25(32)22(18)20(12-17)37(3,33)34/h4-6,9-12,15-16H,7-8,13H2,1-3H3,(H,28,29,30)/t15-/m0/s1. The van der Waals surface area contributed by atoms with Gasteiger partial charge in [-0.1, -0.05) is 17.4 Å². The summed E-state index contributed by atoms with van der Waals surface area (Å²) in [5.74, 6) is 1.30. The minimum atomic E-state index is -3.63. The lowest BCUT2D eigenvalue weighted by Crippen LogP contribution is -2.35. The topological polar surface area (TPSA) is 118 Å². The number of sulfone groups is 1. The van der Waals surface area contributed by atoms with Crippen molar-refractivity contribution in [1.29, 1.82) is 0 Å². The number of rotatable bonds is 7. The fourth-order valence-electron chi connectivity index (χ4n) is 4.83. The van der Waals surface area contributed by atoms with Crippen molar-refractivity contribution >= 4 is 38.0 Å². The maximum Gasteiger partial charge on any atom is 0.256 e. The molecule has 37 heavy (non-hydrogen) atoms. The third-order valence-corrected chi connectivity index (χ3v) is 9.13. The van der Waals surface area contributed by atoms with E-state index in [2.05, 4.69) is 27.2 Å². The van der Waals surface area contributed by atoms with Gasteiger partial charge in [0.2, 0.25) is 5.89 Å². The largest absolute Gasteiger partial charge is 0.443 e. The maximum atomic E-state index is 13.3. The monoisotopic (exact) mass is 535 g/mol. The first-order valence-corrected chi connectivity index (χ1v) is 14.7. The Morgan fingerprint density at radius 3 is 2.73 bits per heavy atom. The summed E-state index contributed by atoms with van der Waals surface area (Å²) in [4.78, 5) is 29.4. The highest BCUT2D eigenvalue weighted by molar-refractivity contribution is 7.90. The Balaban J connectivity index is 1.35. The molecule has 1 saturated carbocycles. The third-order valence-electron chi connectivity index (χ3n) is 6.89. The van der Waals surface area contributed by atoms with E-state index in [1.54, 1.807) is 12.3 Å². The van der Waals surface area contributed by atoms with Crippen LogP contribution in [0.2, 0.25) is 0 Å². The molecule has 190 valence electrons. The molecule has 1 atom stereocenters. The molecule has 1 fully saturated rings. The number of carbonyl (C=O) groups is 1. The van der Waals surface area contributed by atoms with E-state index >= 15 is 0 Å². The van der Waals surface area contributed by atoms with Crippen LogP contribution in [0, 0.1) is 12.8 Å². The summed E-state index contributed by atoms with van der Waals surface area (Å²) in [5, 5.41) is 3.85. The number of anilines is 2. The second-order valence-corrected chi connectivity index (χ2v) is 12.6. The van der Waals surface area contributed by atoms with Gasteiger partial charge < -0.3 is 14.6 Å². The zero-order chi connectivity index (χ0) is 25.9. The van der Waals surface area contributed by atoms with Gasteiger partial charge in [-0.15, -0.1) is 0 Å². The molecule has 3 aromatic heterocycles. The van der Waals surface area contributed by atoms with E-state index in [-0.39, 0.29) is 16.8 Å². The summed E-state index contributed by atoms with van der Waals surface area (Å²) in [6.07, 6.45) is 6.43. The van der Waals surface area contributed by atoms with Gasteiger partial charge in [0, 0.05) is 18.8 Å². The van der Waals surface area contributed by atoms with E-state index in [1.807, 2.05) is 36.1 Å². The van der Waals surface area contributed by atoms with Crippen molar-refractivity contribution < 1.29 is 17.6 Å². The minimum Gasteiger partial charge on any atom is -0.443 e. The Hall–Kier alpha value is -3.57. The fraction of sp³-hybridized carbons (Fsp3) is 0.308. The molecular weight excluding hydrogens is 510 g/mol. The van der Waals surface area contributed by atoms with Crippen molar-refractivity contribution in [3.8, 4) is 22.0 Å². The maximum absolute atomic E-state index is 13.3. The zero-order valence-corrected chi connectivity index (χ0v) is 22.2. The average molecular weight is 536 g/mol. The van der Waals surface area contributed by atoms with Gasteiger partial charge in [0.1, 0.15) is 17.8 Å². The second kappa shape index (κ2) is 8.77. The van der Waals surface area contributed by atoms with Crippen LogP contribution in [0.1, 0.15) is 41.4 Å². The normalized spacial score (nSPS) is 16.2. The number of pyridine rings is 1. The average Bonchev–Trinajstić information content (AvgIpc) is 3.27. The fourth-order valence-corrected chi connectivity index (χ4v) is 6.72. The zero-order valence-electron chi connectivity index (χ0n) is 20.6. The Labute approximate surface area is 218 Å². The Bertz CT molecular complexity index is 1620. The van der Waals surface area contributed by atoms with Gasteiger partial charge in [0.05, 0.1) is 27.2 Å². The number of aromatic nitrogens is 3. The summed E-state index contributed by atoms with van der Waals surface area (Å²) in [6.45, 7) is 4.36. The van der Waals surface area contributed by atoms with E-state index in [9.17, 15) is 13.2 Å². The highest BCUT2D eigenvalue weighted by Crippen LogP contribution is 2.42. The van der Waals surface area contributed by atoms with Crippen LogP contribution in [-0.4, -0.2) is 46.5 Å². The molecule has 0 saturated heterocycles. The molecule has 1 aromatic carbocycles. The molecule has 1 aliphatic carbocycles. The van der Waals surface area contributed by atoms with E-state index in [1.165, 1.54) is 17.6 Å². The van der Waals surface area contributed by atoms with Crippen molar-refractivity contribution in [3.05, 3.63) is 59.6 Å². The SMILES string of the molecule is Cc1nc(Nc2cccc(-c3ncco3)n2)sc1-c1cc2c(c(S(C)(=O)=O)c1)C(=O)N([C@@H](C)C1CC1)C2. The third kappa shape index (κ3) is 4.42. The van der Waals surface area contributed by atoms with Crippen LogP contribution in [0.5, 0.6) is 0 Å². The van der Waals surface area contributed by atoms with Crippen LogP contribution < -0.4 is 5.32 Å². The predicted octanol–water partition coefficient (Wildman–Crippen LogP) is 5.07. The second-order valence-electron chi connectivity index (χ2n) is 9.60. The molecule has 1 amide bonds. The van der Waals surface area contributed by atoms with Gasteiger partial charge in [-0.05, 0) is 68.0 Å². The lowest BCUT2D eigenvalue weighted by molar-refractivity contribution is 0.0694. The van der Waals surface area contributed by atoms with Gasteiger partial charge in [-0.3, -0.25) is 4.79 Å². The number of hydrogen-bond acceptors (Lipinski definition) is 9. The van der Waals surface area contributed by atoms with Crippen LogP contribution in [0.3, 0.4) is 0 Å². The number of benzene rings is 1. The number of nitrogens with one attached hydrogen (secondary N) is 1. The van der Waals surface area contributed by atoms with Gasteiger partial charge in [-0.25, -0.2) is 23.4 Å². The molecule has 4 aromatic rings. The molecule has 1 aliphatic heterocycles. The molecular formula is C26H25N5O4S2. The molecule has 11 heteroatoms. The van der Waals surface area contributed by atoms with Crippen LogP contribution in [-0.2, 0) is 16.4 Å².